The number of carbonyl (C=O) groups excluding carboxylic acids is 1. The molecule has 0 aliphatic heterocycles. The Bertz CT molecular complexity index is 841. The molecule has 2 aromatic carbocycles. The molecule has 2 rings (SSSR count). The minimum Gasteiger partial charge on any atom is -0.493 e. The maximum atomic E-state index is 11.9. The van der Waals surface area contributed by atoms with Crippen molar-refractivity contribution in [3.05, 3.63) is 70.1 Å². The molecular formula is C20H21N3O4. The van der Waals surface area contributed by atoms with E-state index in [2.05, 4.69) is 10.0 Å². The Morgan fingerprint density at radius 1 is 1.19 bits per heavy atom. The van der Waals surface area contributed by atoms with E-state index in [0.717, 1.165) is 11.1 Å². The number of aryl methyl sites for hydroxylation is 1. The number of esters is 1. The first-order chi connectivity index (χ1) is 13.1. The van der Waals surface area contributed by atoms with Gasteiger partial charge >= 0.3 is 5.97 Å². The van der Waals surface area contributed by atoms with Crippen LogP contribution in [-0.2, 0) is 4.79 Å². The second kappa shape index (κ2) is 10.5. The Morgan fingerprint density at radius 3 is 2.67 bits per heavy atom. The molecule has 0 heterocycles. The lowest BCUT2D eigenvalue weighted by atomic mass is 10.2. The minimum atomic E-state index is -0.466. The largest absolute Gasteiger partial charge is 0.493 e. The summed E-state index contributed by atoms with van der Waals surface area (Å²) < 4.78 is 16.2. The molecule has 0 N–H and O–H groups in total. The van der Waals surface area contributed by atoms with Crippen LogP contribution in [0.25, 0.3) is 16.5 Å². The second-order valence-corrected chi connectivity index (χ2v) is 5.63. The summed E-state index contributed by atoms with van der Waals surface area (Å²) in [4.78, 5) is 14.6. The van der Waals surface area contributed by atoms with Crippen molar-refractivity contribution in [1.82, 2.24) is 0 Å². The fraction of sp³-hybridized carbons (Fsp3) is 0.250. The molecule has 0 atom stereocenters. The molecule has 0 saturated heterocycles. The lowest BCUT2D eigenvalue weighted by Gasteiger charge is -2.11. The van der Waals surface area contributed by atoms with E-state index in [1.165, 1.54) is 6.08 Å². The van der Waals surface area contributed by atoms with Crippen LogP contribution >= 0.6 is 0 Å². The summed E-state index contributed by atoms with van der Waals surface area (Å²) in [6, 6.07) is 12.6. The van der Waals surface area contributed by atoms with E-state index in [0.29, 0.717) is 36.8 Å². The minimum absolute atomic E-state index is 0.364. The van der Waals surface area contributed by atoms with Crippen molar-refractivity contribution >= 4 is 12.0 Å². The maximum absolute atomic E-state index is 11.9. The molecule has 0 unspecified atom stereocenters. The van der Waals surface area contributed by atoms with E-state index < -0.39 is 5.97 Å². The number of rotatable bonds is 9. The van der Waals surface area contributed by atoms with Crippen LogP contribution in [0, 0.1) is 6.92 Å². The number of azide groups is 1. The van der Waals surface area contributed by atoms with Gasteiger partial charge in [0.15, 0.2) is 11.5 Å². The lowest BCUT2D eigenvalue weighted by Crippen LogP contribution is -2.03. The predicted octanol–water partition coefficient (Wildman–Crippen LogP) is 4.70. The van der Waals surface area contributed by atoms with Gasteiger partial charge in [0.05, 0.1) is 13.7 Å². The second-order valence-electron chi connectivity index (χ2n) is 5.63. The van der Waals surface area contributed by atoms with Gasteiger partial charge in [-0.15, -0.1) is 0 Å². The number of hydrogen-bond donors (Lipinski definition) is 0. The Labute approximate surface area is 157 Å². The molecule has 7 heteroatoms. The maximum Gasteiger partial charge on any atom is 0.336 e. The molecule has 140 valence electrons. The number of carbonyl (C=O) groups is 1. The van der Waals surface area contributed by atoms with Crippen molar-refractivity contribution in [3.8, 4) is 17.2 Å². The molecule has 2 aromatic rings. The summed E-state index contributed by atoms with van der Waals surface area (Å²) in [6.07, 6.45) is 3.59. The van der Waals surface area contributed by atoms with E-state index in [1.807, 2.05) is 19.1 Å². The first-order valence-electron chi connectivity index (χ1n) is 8.40. The van der Waals surface area contributed by atoms with Crippen molar-refractivity contribution in [2.24, 2.45) is 5.11 Å². The lowest BCUT2D eigenvalue weighted by molar-refractivity contribution is -0.128. The van der Waals surface area contributed by atoms with Gasteiger partial charge in [0.2, 0.25) is 0 Å². The molecule has 0 radical (unpaired) electrons. The van der Waals surface area contributed by atoms with E-state index in [-0.39, 0.29) is 0 Å². The number of methoxy groups -OCH3 is 1. The molecule has 0 amide bonds. The summed E-state index contributed by atoms with van der Waals surface area (Å²) in [5.74, 6) is 1.16. The van der Waals surface area contributed by atoms with Crippen molar-refractivity contribution in [3.63, 3.8) is 0 Å². The van der Waals surface area contributed by atoms with Crippen molar-refractivity contribution in [1.29, 1.82) is 0 Å². The summed E-state index contributed by atoms with van der Waals surface area (Å²) in [5.41, 5.74) is 10.1. The summed E-state index contributed by atoms with van der Waals surface area (Å²) in [6.45, 7) is 2.72. The van der Waals surface area contributed by atoms with Gasteiger partial charge in [0, 0.05) is 17.5 Å². The SMILES string of the molecule is COc1ccc(/C=C/C(=O)Oc2ccc(C)cc2)cc1OCCCN=[N+]=[N-]. The Hall–Kier alpha value is -3.44. The van der Waals surface area contributed by atoms with E-state index in [9.17, 15) is 4.79 Å². The molecule has 0 saturated carbocycles. The van der Waals surface area contributed by atoms with Gasteiger partial charge in [0.1, 0.15) is 5.75 Å². The van der Waals surface area contributed by atoms with Crippen LogP contribution in [0.4, 0.5) is 0 Å². The zero-order chi connectivity index (χ0) is 19.5. The summed E-state index contributed by atoms with van der Waals surface area (Å²) in [7, 11) is 1.55. The van der Waals surface area contributed by atoms with Gasteiger partial charge in [-0.2, -0.15) is 0 Å². The average molecular weight is 367 g/mol. The normalized spacial score (nSPS) is 10.3. The Morgan fingerprint density at radius 2 is 1.96 bits per heavy atom. The standard InChI is InChI=1S/C20H21N3O4/c1-15-4-8-17(9-5-15)27-20(24)11-7-16-6-10-18(25-2)19(14-16)26-13-3-12-22-23-21/h4-11,14H,3,12-13H2,1-2H3/b11-7+. The molecule has 7 nitrogen and oxygen atoms in total. The van der Waals surface area contributed by atoms with Crippen molar-refractivity contribution < 1.29 is 19.0 Å². The van der Waals surface area contributed by atoms with Crippen molar-refractivity contribution in [2.75, 3.05) is 20.3 Å². The number of ether oxygens (including phenoxy) is 3. The quantitative estimate of drug-likeness (QED) is 0.122. The van der Waals surface area contributed by atoms with Crippen LogP contribution in [0.15, 0.2) is 53.7 Å². The molecule has 0 bridgehead atoms. The average Bonchev–Trinajstić information content (AvgIpc) is 2.68. The highest BCUT2D eigenvalue weighted by atomic mass is 16.5. The van der Waals surface area contributed by atoms with Gasteiger partial charge in [0.25, 0.3) is 0 Å². The fourth-order valence-electron chi connectivity index (χ4n) is 2.19. The van der Waals surface area contributed by atoms with Gasteiger partial charge in [-0.25, -0.2) is 4.79 Å². The van der Waals surface area contributed by atoms with Crippen LogP contribution in [0.5, 0.6) is 17.2 Å². The number of nitrogens with zero attached hydrogens (tertiary/aromatic N) is 3. The van der Waals surface area contributed by atoms with Crippen LogP contribution in [0.3, 0.4) is 0 Å². The predicted molar refractivity (Wildman–Crippen MR) is 103 cm³/mol. The Balaban J connectivity index is 1.98. The van der Waals surface area contributed by atoms with E-state index >= 15 is 0 Å². The molecule has 0 aromatic heterocycles. The number of hydrogen-bond acceptors (Lipinski definition) is 5. The third-order valence-electron chi connectivity index (χ3n) is 3.56. The monoisotopic (exact) mass is 367 g/mol. The highest BCUT2D eigenvalue weighted by Crippen LogP contribution is 2.28. The molecule has 0 aliphatic rings. The van der Waals surface area contributed by atoms with E-state index in [4.69, 9.17) is 19.7 Å². The summed E-state index contributed by atoms with van der Waals surface area (Å²) >= 11 is 0. The topological polar surface area (TPSA) is 93.5 Å². The zero-order valence-corrected chi connectivity index (χ0v) is 15.3. The molecule has 0 aliphatic carbocycles. The molecular weight excluding hydrogens is 346 g/mol. The first-order valence-corrected chi connectivity index (χ1v) is 8.40. The molecule has 0 fully saturated rings. The zero-order valence-electron chi connectivity index (χ0n) is 15.3. The highest BCUT2D eigenvalue weighted by molar-refractivity contribution is 5.88. The third-order valence-corrected chi connectivity index (χ3v) is 3.56. The van der Waals surface area contributed by atoms with Gasteiger partial charge in [-0.3, -0.25) is 0 Å². The van der Waals surface area contributed by atoms with Crippen molar-refractivity contribution in [2.45, 2.75) is 13.3 Å². The molecule has 0 spiro atoms. The third kappa shape index (κ3) is 6.76. The fourth-order valence-corrected chi connectivity index (χ4v) is 2.19. The summed E-state index contributed by atoms with van der Waals surface area (Å²) in [5, 5.41) is 3.46. The van der Waals surface area contributed by atoms with E-state index in [1.54, 1.807) is 43.5 Å². The van der Waals surface area contributed by atoms with Crippen LogP contribution < -0.4 is 14.2 Å². The smallest absolute Gasteiger partial charge is 0.336 e. The van der Waals surface area contributed by atoms with Crippen LogP contribution in [0.2, 0.25) is 0 Å². The van der Waals surface area contributed by atoms with Gasteiger partial charge < -0.3 is 14.2 Å². The van der Waals surface area contributed by atoms with Crippen LogP contribution in [-0.4, -0.2) is 26.2 Å². The first kappa shape index (κ1) is 19.9. The van der Waals surface area contributed by atoms with Gasteiger partial charge in [-0.05, 0) is 54.8 Å². The Kier molecular flexibility index (Phi) is 7.75. The number of benzene rings is 2. The molecule has 27 heavy (non-hydrogen) atoms. The van der Waals surface area contributed by atoms with Crippen LogP contribution in [0.1, 0.15) is 17.5 Å². The van der Waals surface area contributed by atoms with Gasteiger partial charge in [-0.1, -0.05) is 28.9 Å². The highest BCUT2D eigenvalue weighted by Gasteiger charge is 2.06.